The van der Waals surface area contributed by atoms with E-state index in [-0.39, 0.29) is 11.9 Å². The van der Waals surface area contributed by atoms with Gasteiger partial charge in [-0.05, 0) is 37.1 Å². The second-order valence-electron chi connectivity index (χ2n) is 6.33. The van der Waals surface area contributed by atoms with Crippen molar-refractivity contribution >= 4 is 11.8 Å². The van der Waals surface area contributed by atoms with Gasteiger partial charge in [0.25, 0.3) is 0 Å². The van der Waals surface area contributed by atoms with Crippen LogP contribution < -0.4 is 10.2 Å². The molecule has 1 aromatic heterocycles. The minimum Gasteiger partial charge on any atom is -0.349 e. The van der Waals surface area contributed by atoms with Crippen LogP contribution in [0.25, 0.3) is 0 Å². The highest BCUT2D eigenvalue weighted by Gasteiger charge is 2.14. The summed E-state index contributed by atoms with van der Waals surface area (Å²) in [7, 11) is 0. The van der Waals surface area contributed by atoms with Gasteiger partial charge in [-0.25, -0.2) is 4.39 Å². The molecule has 0 aliphatic rings. The lowest BCUT2D eigenvalue weighted by Crippen LogP contribution is -2.31. The first kappa shape index (κ1) is 17.8. The summed E-state index contributed by atoms with van der Waals surface area (Å²) in [4.78, 5) is 6.76. The first-order chi connectivity index (χ1) is 12.6. The molecule has 0 atom stereocenters. The van der Waals surface area contributed by atoms with Crippen molar-refractivity contribution in [1.29, 1.82) is 0 Å². The van der Waals surface area contributed by atoms with E-state index in [2.05, 4.69) is 51.4 Å². The smallest absolute Gasteiger partial charge is 0.244 e. The van der Waals surface area contributed by atoms with Gasteiger partial charge >= 0.3 is 0 Å². The second kappa shape index (κ2) is 8.38. The van der Waals surface area contributed by atoms with Gasteiger partial charge in [0.05, 0.1) is 6.20 Å². The number of nitrogens with zero attached hydrogens (tertiary/aromatic N) is 4. The number of nitrogens with one attached hydrogen (secondary N) is 1. The third kappa shape index (κ3) is 4.75. The lowest BCUT2D eigenvalue weighted by Gasteiger charge is -2.27. The van der Waals surface area contributed by atoms with Crippen molar-refractivity contribution in [3.05, 3.63) is 77.7 Å². The summed E-state index contributed by atoms with van der Waals surface area (Å²) in [5.74, 6) is 0.966. The summed E-state index contributed by atoms with van der Waals surface area (Å²) in [6.45, 7) is 5.49. The van der Waals surface area contributed by atoms with Gasteiger partial charge in [-0.3, -0.25) is 0 Å². The predicted octanol–water partition coefficient (Wildman–Crippen LogP) is 4.04. The van der Waals surface area contributed by atoms with E-state index >= 15 is 0 Å². The summed E-state index contributed by atoms with van der Waals surface area (Å²) >= 11 is 0. The van der Waals surface area contributed by atoms with E-state index in [0.29, 0.717) is 12.5 Å². The SMILES string of the molecule is CC(C)N(Cc1ccccc1)c1cnnc(NCc2ccc(F)cc2)n1. The Morgan fingerprint density at radius 1 is 1.00 bits per heavy atom. The summed E-state index contributed by atoms with van der Waals surface area (Å²) in [5.41, 5.74) is 2.16. The van der Waals surface area contributed by atoms with Crippen LogP contribution in [0.2, 0.25) is 0 Å². The van der Waals surface area contributed by atoms with Crippen LogP contribution in [0.4, 0.5) is 16.2 Å². The van der Waals surface area contributed by atoms with Gasteiger partial charge in [0, 0.05) is 19.1 Å². The summed E-state index contributed by atoms with van der Waals surface area (Å²) < 4.78 is 13.0. The third-order valence-corrected chi connectivity index (χ3v) is 4.02. The van der Waals surface area contributed by atoms with Crippen molar-refractivity contribution in [2.24, 2.45) is 0 Å². The van der Waals surface area contributed by atoms with Crippen LogP contribution in [0, 0.1) is 5.82 Å². The van der Waals surface area contributed by atoms with Crippen molar-refractivity contribution in [2.75, 3.05) is 10.2 Å². The summed E-state index contributed by atoms with van der Waals surface area (Å²) in [6.07, 6.45) is 1.67. The average Bonchev–Trinajstić information content (AvgIpc) is 2.66. The lowest BCUT2D eigenvalue weighted by molar-refractivity contribution is 0.627. The van der Waals surface area contributed by atoms with Gasteiger partial charge < -0.3 is 10.2 Å². The van der Waals surface area contributed by atoms with Gasteiger partial charge in [-0.15, -0.1) is 5.10 Å². The number of aromatic nitrogens is 3. The molecule has 26 heavy (non-hydrogen) atoms. The van der Waals surface area contributed by atoms with Crippen molar-refractivity contribution in [3.8, 4) is 0 Å². The number of anilines is 2. The van der Waals surface area contributed by atoms with Crippen LogP contribution >= 0.6 is 0 Å². The number of benzene rings is 2. The second-order valence-corrected chi connectivity index (χ2v) is 6.33. The molecular weight excluding hydrogens is 329 g/mol. The normalized spacial score (nSPS) is 10.8. The molecule has 0 bridgehead atoms. The van der Waals surface area contributed by atoms with Crippen LogP contribution in [0.5, 0.6) is 0 Å². The largest absolute Gasteiger partial charge is 0.349 e. The maximum atomic E-state index is 13.0. The zero-order valence-electron chi connectivity index (χ0n) is 14.9. The van der Waals surface area contributed by atoms with Crippen LogP contribution in [-0.2, 0) is 13.1 Å². The third-order valence-electron chi connectivity index (χ3n) is 4.02. The highest BCUT2D eigenvalue weighted by Crippen LogP contribution is 2.18. The molecule has 0 saturated carbocycles. The fourth-order valence-corrected chi connectivity index (χ4v) is 2.60. The molecule has 134 valence electrons. The Balaban J connectivity index is 1.72. The Bertz CT molecular complexity index is 821. The van der Waals surface area contributed by atoms with Crippen molar-refractivity contribution in [3.63, 3.8) is 0 Å². The van der Waals surface area contributed by atoms with Crippen molar-refractivity contribution in [1.82, 2.24) is 15.2 Å². The molecule has 3 rings (SSSR count). The van der Waals surface area contributed by atoms with Crippen LogP contribution in [0.15, 0.2) is 60.8 Å². The van der Waals surface area contributed by atoms with Gasteiger partial charge in [-0.2, -0.15) is 10.1 Å². The lowest BCUT2D eigenvalue weighted by atomic mass is 10.2. The molecule has 0 fully saturated rings. The molecule has 5 nitrogen and oxygen atoms in total. The summed E-state index contributed by atoms with van der Waals surface area (Å²) in [6, 6.07) is 16.9. The fraction of sp³-hybridized carbons (Fsp3) is 0.250. The Labute approximate surface area is 152 Å². The van der Waals surface area contributed by atoms with Crippen LogP contribution in [0.1, 0.15) is 25.0 Å². The Hall–Kier alpha value is -3.02. The molecule has 0 radical (unpaired) electrons. The highest BCUT2D eigenvalue weighted by molar-refractivity contribution is 5.42. The molecule has 2 aromatic carbocycles. The van der Waals surface area contributed by atoms with Crippen LogP contribution in [-0.4, -0.2) is 21.2 Å². The van der Waals surface area contributed by atoms with E-state index in [9.17, 15) is 4.39 Å². The molecule has 0 amide bonds. The summed E-state index contributed by atoms with van der Waals surface area (Å²) in [5, 5.41) is 11.3. The molecule has 3 aromatic rings. The van der Waals surface area contributed by atoms with Gasteiger partial charge in [0.1, 0.15) is 5.82 Å². The zero-order chi connectivity index (χ0) is 18.4. The molecule has 0 spiro atoms. The Morgan fingerprint density at radius 2 is 1.73 bits per heavy atom. The predicted molar refractivity (Wildman–Crippen MR) is 101 cm³/mol. The van der Waals surface area contributed by atoms with E-state index in [1.165, 1.54) is 17.7 Å². The number of hydrogen-bond donors (Lipinski definition) is 1. The number of halogens is 1. The van der Waals surface area contributed by atoms with Crippen molar-refractivity contribution in [2.45, 2.75) is 33.0 Å². The van der Waals surface area contributed by atoms with Gasteiger partial charge in [-0.1, -0.05) is 42.5 Å². The van der Waals surface area contributed by atoms with E-state index < -0.39 is 0 Å². The molecule has 1 heterocycles. The standard InChI is InChI=1S/C20H22FN5/c1-15(2)26(14-17-6-4-3-5-7-17)19-13-23-25-20(24-19)22-12-16-8-10-18(21)11-9-16/h3-11,13,15H,12,14H2,1-2H3,(H,22,24,25). The average molecular weight is 351 g/mol. The maximum absolute atomic E-state index is 13.0. The molecule has 0 aliphatic heterocycles. The topological polar surface area (TPSA) is 53.9 Å². The number of rotatable bonds is 7. The zero-order valence-corrected chi connectivity index (χ0v) is 14.9. The quantitative estimate of drug-likeness (QED) is 0.696. The van der Waals surface area contributed by atoms with Gasteiger partial charge in [0.15, 0.2) is 5.82 Å². The molecule has 0 aliphatic carbocycles. The minimum atomic E-state index is -0.248. The molecule has 6 heteroatoms. The minimum absolute atomic E-state index is 0.248. The number of hydrogen-bond acceptors (Lipinski definition) is 5. The Morgan fingerprint density at radius 3 is 2.42 bits per heavy atom. The van der Waals surface area contributed by atoms with E-state index in [0.717, 1.165) is 17.9 Å². The fourth-order valence-electron chi connectivity index (χ4n) is 2.60. The molecule has 0 unspecified atom stereocenters. The van der Waals surface area contributed by atoms with E-state index in [1.807, 2.05) is 18.2 Å². The molecule has 0 saturated heterocycles. The molecule has 1 N–H and O–H groups in total. The highest BCUT2D eigenvalue weighted by atomic mass is 19.1. The van der Waals surface area contributed by atoms with Crippen LogP contribution in [0.3, 0.4) is 0 Å². The maximum Gasteiger partial charge on any atom is 0.244 e. The van der Waals surface area contributed by atoms with Crippen molar-refractivity contribution < 1.29 is 4.39 Å². The van der Waals surface area contributed by atoms with E-state index in [1.54, 1.807) is 18.3 Å². The molecular formula is C20H22FN5. The first-order valence-electron chi connectivity index (χ1n) is 8.60. The Kier molecular flexibility index (Phi) is 5.73. The monoisotopic (exact) mass is 351 g/mol. The first-order valence-corrected chi connectivity index (χ1v) is 8.60. The van der Waals surface area contributed by atoms with Gasteiger partial charge in [0.2, 0.25) is 5.95 Å². The van der Waals surface area contributed by atoms with E-state index in [4.69, 9.17) is 0 Å².